The van der Waals surface area contributed by atoms with E-state index in [9.17, 15) is 22.8 Å². The van der Waals surface area contributed by atoms with E-state index in [4.69, 9.17) is 9.47 Å². The molecule has 27 heavy (non-hydrogen) atoms. The summed E-state index contributed by atoms with van der Waals surface area (Å²) in [5.41, 5.74) is -0.660. The lowest BCUT2D eigenvalue weighted by molar-refractivity contribution is -0.154. The van der Waals surface area contributed by atoms with Gasteiger partial charge in [0.1, 0.15) is 5.75 Å². The maximum absolute atomic E-state index is 12.5. The number of alkyl halides is 3. The molecule has 0 aliphatic heterocycles. The number of halogens is 3. The van der Waals surface area contributed by atoms with E-state index < -0.39 is 36.3 Å². The summed E-state index contributed by atoms with van der Waals surface area (Å²) in [5.74, 6) is -0.878. The van der Waals surface area contributed by atoms with E-state index in [-0.39, 0.29) is 5.69 Å². The molecule has 5 nitrogen and oxygen atoms in total. The smallest absolute Gasteiger partial charge is 0.416 e. The number of amides is 1. The lowest BCUT2D eigenvalue weighted by atomic mass is 10.2. The zero-order valence-electron chi connectivity index (χ0n) is 14.5. The summed E-state index contributed by atoms with van der Waals surface area (Å²) in [4.78, 5) is 23.9. The molecular formula is C19H18F3NO4. The van der Waals surface area contributed by atoms with Crippen LogP contribution in [-0.4, -0.2) is 24.6 Å². The van der Waals surface area contributed by atoms with Gasteiger partial charge >= 0.3 is 12.1 Å². The molecule has 1 N–H and O–H groups in total. The molecule has 0 aliphatic carbocycles. The molecule has 0 radical (unpaired) electrons. The Morgan fingerprint density at radius 1 is 1.04 bits per heavy atom. The van der Waals surface area contributed by atoms with Crippen molar-refractivity contribution in [2.45, 2.75) is 25.6 Å². The number of esters is 1. The molecule has 144 valence electrons. The highest BCUT2D eigenvalue weighted by molar-refractivity contribution is 5.93. The van der Waals surface area contributed by atoms with Crippen LogP contribution in [-0.2, 0) is 20.5 Å². The maximum Gasteiger partial charge on any atom is 0.416 e. The Bertz CT molecular complexity index is 761. The van der Waals surface area contributed by atoms with Gasteiger partial charge in [0.25, 0.3) is 5.91 Å². The number of hydrogen-bond donors (Lipinski definition) is 1. The number of anilines is 1. The number of nitrogens with one attached hydrogen (secondary N) is 1. The topological polar surface area (TPSA) is 64.6 Å². The van der Waals surface area contributed by atoms with Crippen molar-refractivity contribution in [1.29, 1.82) is 0 Å². The summed E-state index contributed by atoms with van der Waals surface area (Å²) in [6.07, 6.45) is -4.98. The van der Waals surface area contributed by atoms with E-state index in [1.165, 1.54) is 0 Å². The second-order valence-electron chi connectivity index (χ2n) is 5.56. The first-order valence-electron chi connectivity index (χ1n) is 8.15. The molecule has 0 heterocycles. The van der Waals surface area contributed by atoms with Crippen LogP contribution in [0.5, 0.6) is 5.75 Å². The number of benzene rings is 2. The summed E-state index contributed by atoms with van der Waals surface area (Å²) in [6.45, 7) is 1.16. The monoisotopic (exact) mass is 381 g/mol. The predicted octanol–water partition coefficient (Wildman–Crippen LogP) is 4.04. The van der Waals surface area contributed by atoms with E-state index in [0.717, 1.165) is 24.3 Å². The Morgan fingerprint density at radius 2 is 1.67 bits per heavy atom. The number of hydrogen-bond acceptors (Lipinski definition) is 4. The van der Waals surface area contributed by atoms with E-state index in [0.29, 0.717) is 12.2 Å². The SMILES string of the molecule is CC[C@@H](Oc1ccccc1)C(=O)OCC(=O)Nc1ccc(C(F)(F)F)cc1. The Hall–Kier alpha value is -3.03. The van der Waals surface area contributed by atoms with Gasteiger partial charge in [-0.3, -0.25) is 4.79 Å². The first-order chi connectivity index (χ1) is 12.8. The molecule has 2 aromatic carbocycles. The molecule has 0 spiro atoms. The van der Waals surface area contributed by atoms with Gasteiger partial charge in [0, 0.05) is 5.69 Å². The molecule has 8 heteroatoms. The second kappa shape index (κ2) is 9.07. The van der Waals surface area contributed by atoms with E-state index >= 15 is 0 Å². The van der Waals surface area contributed by atoms with Gasteiger partial charge in [0.15, 0.2) is 12.7 Å². The summed E-state index contributed by atoms with van der Waals surface area (Å²) >= 11 is 0. The van der Waals surface area contributed by atoms with Gasteiger partial charge in [0.05, 0.1) is 5.56 Å². The van der Waals surface area contributed by atoms with Crippen molar-refractivity contribution >= 4 is 17.6 Å². The molecule has 2 rings (SSSR count). The third-order valence-corrected chi connectivity index (χ3v) is 3.50. The Balaban J connectivity index is 1.84. The first kappa shape index (κ1) is 20.3. The molecule has 0 fully saturated rings. The van der Waals surface area contributed by atoms with Gasteiger partial charge in [-0.15, -0.1) is 0 Å². The van der Waals surface area contributed by atoms with Crippen molar-refractivity contribution in [2.24, 2.45) is 0 Å². The maximum atomic E-state index is 12.5. The van der Waals surface area contributed by atoms with Gasteiger partial charge in [-0.25, -0.2) is 4.79 Å². The van der Waals surface area contributed by atoms with Crippen LogP contribution >= 0.6 is 0 Å². The van der Waals surface area contributed by atoms with Crippen molar-refractivity contribution in [2.75, 3.05) is 11.9 Å². The van der Waals surface area contributed by atoms with E-state index in [2.05, 4.69) is 5.32 Å². The highest BCUT2D eigenvalue weighted by Gasteiger charge is 2.30. The normalized spacial score (nSPS) is 12.1. The summed E-state index contributed by atoms with van der Waals surface area (Å²) in [6, 6.07) is 12.6. The fourth-order valence-corrected chi connectivity index (χ4v) is 2.13. The minimum Gasteiger partial charge on any atom is -0.479 e. The van der Waals surface area contributed by atoms with E-state index in [1.54, 1.807) is 37.3 Å². The Morgan fingerprint density at radius 3 is 2.22 bits per heavy atom. The summed E-state index contributed by atoms with van der Waals surface area (Å²) < 4.78 is 47.9. The zero-order chi connectivity index (χ0) is 19.9. The second-order valence-corrected chi connectivity index (χ2v) is 5.56. The van der Waals surface area contributed by atoms with Crippen LogP contribution in [0.25, 0.3) is 0 Å². The van der Waals surface area contributed by atoms with Gasteiger partial charge in [-0.2, -0.15) is 13.2 Å². The zero-order valence-corrected chi connectivity index (χ0v) is 14.5. The quantitative estimate of drug-likeness (QED) is 0.735. The lowest BCUT2D eigenvalue weighted by Crippen LogP contribution is -2.31. The number of para-hydroxylation sites is 1. The average Bonchev–Trinajstić information content (AvgIpc) is 2.64. The highest BCUT2D eigenvalue weighted by atomic mass is 19.4. The Kier molecular flexibility index (Phi) is 6.81. The van der Waals surface area contributed by atoms with Crippen molar-refractivity contribution in [3.05, 3.63) is 60.2 Å². The molecular weight excluding hydrogens is 363 g/mol. The van der Waals surface area contributed by atoms with Crippen molar-refractivity contribution in [1.82, 2.24) is 0 Å². The van der Waals surface area contributed by atoms with Gasteiger partial charge in [0.2, 0.25) is 0 Å². The molecule has 0 aromatic heterocycles. The number of rotatable bonds is 7. The van der Waals surface area contributed by atoms with Crippen LogP contribution in [0.4, 0.5) is 18.9 Å². The predicted molar refractivity (Wildman–Crippen MR) is 92.2 cm³/mol. The molecule has 1 atom stereocenters. The van der Waals surface area contributed by atoms with Crippen LogP contribution < -0.4 is 10.1 Å². The molecule has 0 saturated heterocycles. The average molecular weight is 381 g/mol. The van der Waals surface area contributed by atoms with Crippen molar-refractivity contribution in [3.63, 3.8) is 0 Å². The van der Waals surface area contributed by atoms with Crippen molar-refractivity contribution < 1.29 is 32.2 Å². The molecule has 0 unspecified atom stereocenters. The van der Waals surface area contributed by atoms with Crippen LogP contribution in [0, 0.1) is 0 Å². The number of ether oxygens (including phenoxy) is 2. The molecule has 0 bridgehead atoms. The fourth-order valence-electron chi connectivity index (χ4n) is 2.13. The third-order valence-electron chi connectivity index (χ3n) is 3.50. The summed E-state index contributed by atoms with van der Waals surface area (Å²) in [5, 5.41) is 2.36. The standard InChI is InChI=1S/C19H18F3NO4/c1-2-16(27-15-6-4-3-5-7-15)18(25)26-12-17(24)23-14-10-8-13(9-11-14)19(20,21)22/h3-11,16H,2,12H2,1H3,(H,23,24)/t16-/m1/s1. The fraction of sp³-hybridized carbons (Fsp3) is 0.263. The van der Waals surface area contributed by atoms with Crippen LogP contribution in [0.3, 0.4) is 0 Å². The lowest BCUT2D eigenvalue weighted by Gasteiger charge is -2.16. The van der Waals surface area contributed by atoms with Crippen molar-refractivity contribution in [3.8, 4) is 5.75 Å². The van der Waals surface area contributed by atoms with Gasteiger partial charge in [-0.1, -0.05) is 25.1 Å². The minimum absolute atomic E-state index is 0.164. The van der Waals surface area contributed by atoms with Crippen LogP contribution in [0.2, 0.25) is 0 Å². The van der Waals surface area contributed by atoms with Crippen LogP contribution in [0.1, 0.15) is 18.9 Å². The van der Waals surface area contributed by atoms with E-state index in [1.807, 2.05) is 0 Å². The van der Waals surface area contributed by atoms with Crippen LogP contribution in [0.15, 0.2) is 54.6 Å². The van der Waals surface area contributed by atoms with Gasteiger partial charge < -0.3 is 14.8 Å². The summed E-state index contributed by atoms with van der Waals surface area (Å²) in [7, 11) is 0. The number of carbonyl (C=O) groups excluding carboxylic acids is 2. The molecule has 0 aliphatic rings. The molecule has 0 saturated carbocycles. The molecule has 2 aromatic rings. The minimum atomic E-state index is -4.45. The number of carbonyl (C=O) groups is 2. The van der Waals surface area contributed by atoms with Gasteiger partial charge in [-0.05, 0) is 42.8 Å². The first-order valence-corrected chi connectivity index (χ1v) is 8.15. The molecule has 1 amide bonds. The highest BCUT2D eigenvalue weighted by Crippen LogP contribution is 2.29. The largest absolute Gasteiger partial charge is 0.479 e. The third kappa shape index (κ3) is 6.32. The Labute approximate surface area is 154 Å².